The molecular weight excluding hydrogens is 224 g/mol. The van der Waals surface area contributed by atoms with Gasteiger partial charge in [0.15, 0.2) is 0 Å². The van der Waals surface area contributed by atoms with Gasteiger partial charge in [-0.25, -0.2) is 0 Å². The summed E-state index contributed by atoms with van der Waals surface area (Å²) in [7, 11) is 0. The summed E-state index contributed by atoms with van der Waals surface area (Å²) in [4.78, 5) is 14.0. The van der Waals surface area contributed by atoms with E-state index < -0.39 is 0 Å². The summed E-state index contributed by atoms with van der Waals surface area (Å²) >= 11 is 0. The second kappa shape index (κ2) is 6.01. The van der Waals surface area contributed by atoms with Crippen molar-refractivity contribution in [1.29, 1.82) is 0 Å². The molecule has 1 aromatic carbocycles. The lowest BCUT2D eigenvalue weighted by Crippen LogP contribution is -2.40. The van der Waals surface area contributed by atoms with Crippen molar-refractivity contribution in [3.63, 3.8) is 0 Å². The molecule has 0 aromatic heterocycles. The number of carbonyl (C=O) groups is 1. The van der Waals surface area contributed by atoms with Gasteiger partial charge in [0.25, 0.3) is 0 Å². The van der Waals surface area contributed by atoms with E-state index in [9.17, 15) is 4.79 Å². The third-order valence-corrected chi connectivity index (χ3v) is 3.73. The van der Waals surface area contributed by atoms with Crippen LogP contribution >= 0.6 is 0 Å². The average Bonchev–Trinajstić information content (AvgIpc) is 2.83. The molecular formula is C15H22N2O. The Morgan fingerprint density at radius 3 is 2.78 bits per heavy atom. The standard InChI is InChI=1S/C15H22N2O/c1-12-7-6-10-17(12)15(18)11-16-13(2)14-8-4-3-5-9-14/h3-5,8-9,12-13,16H,6-7,10-11H2,1-2H3/t12-,13-/m1/s1. The van der Waals surface area contributed by atoms with Gasteiger partial charge in [-0.3, -0.25) is 4.79 Å². The summed E-state index contributed by atoms with van der Waals surface area (Å²) in [5.41, 5.74) is 1.22. The molecule has 0 saturated carbocycles. The molecule has 1 saturated heterocycles. The Hall–Kier alpha value is -1.35. The molecule has 3 heteroatoms. The molecule has 1 amide bonds. The van der Waals surface area contributed by atoms with E-state index in [-0.39, 0.29) is 11.9 Å². The van der Waals surface area contributed by atoms with Gasteiger partial charge in [0, 0.05) is 18.6 Å². The van der Waals surface area contributed by atoms with Gasteiger partial charge in [-0.05, 0) is 32.3 Å². The Kier molecular flexibility index (Phi) is 4.37. The SMILES string of the molecule is C[C@@H]1CCCN1C(=O)CN[C@H](C)c1ccccc1. The molecule has 0 aliphatic carbocycles. The Balaban J connectivity index is 1.83. The van der Waals surface area contributed by atoms with Crippen LogP contribution in [0.25, 0.3) is 0 Å². The van der Waals surface area contributed by atoms with Crippen molar-refractivity contribution < 1.29 is 4.79 Å². The molecule has 1 heterocycles. The molecule has 0 spiro atoms. The summed E-state index contributed by atoms with van der Waals surface area (Å²) in [6.07, 6.45) is 2.28. The number of carbonyl (C=O) groups excluding carboxylic acids is 1. The molecule has 1 N–H and O–H groups in total. The molecule has 18 heavy (non-hydrogen) atoms. The number of nitrogens with one attached hydrogen (secondary N) is 1. The van der Waals surface area contributed by atoms with Crippen LogP contribution in [0.2, 0.25) is 0 Å². The van der Waals surface area contributed by atoms with Crippen LogP contribution < -0.4 is 5.32 Å². The summed E-state index contributed by atoms with van der Waals surface area (Å²) in [6, 6.07) is 10.9. The van der Waals surface area contributed by atoms with Crippen molar-refractivity contribution in [2.24, 2.45) is 0 Å². The topological polar surface area (TPSA) is 32.3 Å². The Morgan fingerprint density at radius 2 is 2.17 bits per heavy atom. The summed E-state index contributed by atoms with van der Waals surface area (Å²) in [5.74, 6) is 0.225. The average molecular weight is 246 g/mol. The smallest absolute Gasteiger partial charge is 0.236 e. The van der Waals surface area contributed by atoms with E-state index >= 15 is 0 Å². The lowest BCUT2D eigenvalue weighted by molar-refractivity contribution is -0.130. The lowest BCUT2D eigenvalue weighted by Gasteiger charge is -2.23. The van der Waals surface area contributed by atoms with Crippen LogP contribution in [-0.4, -0.2) is 29.9 Å². The van der Waals surface area contributed by atoms with E-state index in [1.54, 1.807) is 0 Å². The van der Waals surface area contributed by atoms with E-state index in [0.29, 0.717) is 12.6 Å². The number of hydrogen-bond donors (Lipinski definition) is 1. The number of nitrogens with zero attached hydrogens (tertiary/aromatic N) is 1. The minimum absolute atomic E-state index is 0.216. The van der Waals surface area contributed by atoms with Crippen LogP contribution in [0.1, 0.15) is 38.3 Å². The number of benzene rings is 1. The fourth-order valence-corrected chi connectivity index (χ4v) is 2.51. The number of hydrogen-bond acceptors (Lipinski definition) is 2. The number of likely N-dealkylation sites (tertiary alicyclic amines) is 1. The van der Waals surface area contributed by atoms with Crippen molar-refractivity contribution in [3.8, 4) is 0 Å². The van der Waals surface area contributed by atoms with E-state index in [0.717, 1.165) is 19.4 Å². The molecule has 1 fully saturated rings. The van der Waals surface area contributed by atoms with Crippen molar-refractivity contribution in [3.05, 3.63) is 35.9 Å². The second-order valence-electron chi connectivity index (χ2n) is 5.09. The Morgan fingerprint density at radius 1 is 1.44 bits per heavy atom. The molecule has 98 valence electrons. The first-order valence-corrected chi connectivity index (χ1v) is 6.76. The van der Waals surface area contributed by atoms with Gasteiger partial charge in [-0.15, -0.1) is 0 Å². The summed E-state index contributed by atoms with van der Waals surface area (Å²) in [5, 5.41) is 3.30. The molecule has 1 aromatic rings. The van der Waals surface area contributed by atoms with Crippen LogP contribution in [-0.2, 0) is 4.79 Å². The molecule has 2 rings (SSSR count). The highest BCUT2D eigenvalue weighted by atomic mass is 16.2. The highest BCUT2D eigenvalue weighted by Crippen LogP contribution is 2.16. The second-order valence-corrected chi connectivity index (χ2v) is 5.09. The van der Waals surface area contributed by atoms with Crippen LogP contribution in [0, 0.1) is 0 Å². The Bertz CT molecular complexity index is 391. The van der Waals surface area contributed by atoms with Crippen LogP contribution in [0.4, 0.5) is 0 Å². The summed E-state index contributed by atoms with van der Waals surface area (Å²) in [6.45, 7) is 5.57. The first kappa shape index (κ1) is 13.1. The van der Waals surface area contributed by atoms with Crippen LogP contribution in [0.5, 0.6) is 0 Å². The number of amides is 1. The van der Waals surface area contributed by atoms with E-state index in [1.165, 1.54) is 5.56 Å². The molecule has 0 unspecified atom stereocenters. The van der Waals surface area contributed by atoms with Crippen LogP contribution in [0.3, 0.4) is 0 Å². The Labute approximate surface area is 109 Å². The normalized spacial score (nSPS) is 21.0. The largest absolute Gasteiger partial charge is 0.339 e. The highest BCUT2D eigenvalue weighted by Gasteiger charge is 2.24. The fourth-order valence-electron chi connectivity index (χ4n) is 2.51. The fraction of sp³-hybridized carbons (Fsp3) is 0.533. The molecule has 3 nitrogen and oxygen atoms in total. The quantitative estimate of drug-likeness (QED) is 0.884. The third kappa shape index (κ3) is 3.10. The maximum atomic E-state index is 12.1. The van der Waals surface area contributed by atoms with Gasteiger partial charge in [0.2, 0.25) is 5.91 Å². The molecule has 1 aliphatic heterocycles. The predicted molar refractivity (Wildman–Crippen MR) is 73.3 cm³/mol. The lowest BCUT2D eigenvalue weighted by atomic mass is 10.1. The first-order chi connectivity index (χ1) is 8.68. The van der Waals surface area contributed by atoms with E-state index in [2.05, 4.69) is 31.3 Å². The number of rotatable bonds is 4. The molecule has 1 aliphatic rings. The van der Waals surface area contributed by atoms with Gasteiger partial charge < -0.3 is 10.2 Å². The molecule has 2 atom stereocenters. The third-order valence-electron chi connectivity index (χ3n) is 3.73. The van der Waals surface area contributed by atoms with Crippen molar-refractivity contribution >= 4 is 5.91 Å². The minimum Gasteiger partial charge on any atom is -0.339 e. The van der Waals surface area contributed by atoms with Gasteiger partial charge in [-0.2, -0.15) is 0 Å². The van der Waals surface area contributed by atoms with Crippen LogP contribution in [0.15, 0.2) is 30.3 Å². The van der Waals surface area contributed by atoms with Crippen molar-refractivity contribution in [2.45, 2.75) is 38.8 Å². The summed E-state index contributed by atoms with van der Waals surface area (Å²) < 4.78 is 0. The van der Waals surface area contributed by atoms with Gasteiger partial charge in [0.1, 0.15) is 0 Å². The maximum Gasteiger partial charge on any atom is 0.236 e. The van der Waals surface area contributed by atoms with Crippen molar-refractivity contribution in [1.82, 2.24) is 10.2 Å². The first-order valence-electron chi connectivity index (χ1n) is 6.76. The zero-order chi connectivity index (χ0) is 13.0. The minimum atomic E-state index is 0.216. The van der Waals surface area contributed by atoms with Gasteiger partial charge in [0.05, 0.1) is 6.54 Å². The van der Waals surface area contributed by atoms with Gasteiger partial charge >= 0.3 is 0 Å². The van der Waals surface area contributed by atoms with E-state index in [1.807, 2.05) is 23.1 Å². The monoisotopic (exact) mass is 246 g/mol. The molecule has 0 radical (unpaired) electrons. The molecule has 0 bridgehead atoms. The van der Waals surface area contributed by atoms with Gasteiger partial charge in [-0.1, -0.05) is 30.3 Å². The van der Waals surface area contributed by atoms with Crippen molar-refractivity contribution in [2.75, 3.05) is 13.1 Å². The zero-order valence-corrected chi connectivity index (χ0v) is 11.2. The maximum absolute atomic E-state index is 12.1. The zero-order valence-electron chi connectivity index (χ0n) is 11.2. The predicted octanol–water partition coefficient (Wildman–Crippen LogP) is 2.35. The van der Waals surface area contributed by atoms with E-state index in [4.69, 9.17) is 0 Å². The highest BCUT2D eigenvalue weighted by molar-refractivity contribution is 5.78.